The van der Waals surface area contributed by atoms with Crippen molar-refractivity contribution in [1.29, 1.82) is 0 Å². The molecule has 0 saturated carbocycles. The van der Waals surface area contributed by atoms with E-state index in [1.807, 2.05) is 18.5 Å². The fraction of sp³-hybridized carbons (Fsp3) is 0.467. The SMILES string of the molecule is c1cnc2c(c1)CCCC2NCCCc1cnc[nH]1. The summed E-state index contributed by atoms with van der Waals surface area (Å²) in [6, 6.07) is 4.69. The van der Waals surface area contributed by atoms with Gasteiger partial charge in [-0.2, -0.15) is 0 Å². The van der Waals surface area contributed by atoms with E-state index in [1.54, 1.807) is 6.33 Å². The van der Waals surface area contributed by atoms with E-state index in [4.69, 9.17) is 0 Å². The molecule has 0 radical (unpaired) electrons. The van der Waals surface area contributed by atoms with Crippen LogP contribution in [-0.2, 0) is 12.8 Å². The van der Waals surface area contributed by atoms with E-state index >= 15 is 0 Å². The maximum absolute atomic E-state index is 4.55. The molecule has 3 rings (SSSR count). The van der Waals surface area contributed by atoms with Gasteiger partial charge in [0.05, 0.1) is 12.0 Å². The van der Waals surface area contributed by atoms with Crippen LogP contribution in [0.15, 0.2) is 30.9 Å². The number of aromatic nitrogens is 3. The summed E-state index contributed by atoms with van der Waals surface area (Å²) in [6.45, 7) is 1.03. The number of fused-ring (bicyclic) bond motifs is 1. The zero-order chi connectivity index (χ0) is 12.9. The van der Waals surface area contributed by atoms with E-state index in [0.29, 0.717) is 6.04 Å². The van der Waals surface area contributed by atoms with Crippen LogP contribution >= 0.6 is 0 Å². The Morgan fingerprint density at radius 3 is 3.32 bits per heavy atom. The molecular formula is C15H20N4. The molecule has 0 aromatic carbocycles. The van der Waals surface area contributed by atoms with Gasteiger partial charge in [-0.3, -0.25) is 4.98 Å². The minimum absolute atomic E-state index is 0.437. The number of imidazole rings is 1. The quantitative estimate of drug-likeness (QED) is 0.808. The highest BCUT2D eigenvalue weighted by Crippen LogP contribution is 2.27. The fourth-order valence-corrected chi connectivity index (χ4v) is 2.78. The largest absolute Gasteiger partial charge is 0.348 e. The van der Waals surface area contributed by atoms with Crippen molar-refractivity contribution in [2.75, 3.05) is 6.54 Å². The van der Waals surface area contributed by atoms with Crippen LogP contribution in [0.1, 0.15) is 42.3 Å². The van der Waals surface area contributed by atoms with Crippen molar-refractivity contribution in [3.05, 3.63) is 47.8 Å². The summed E-state index contributed by atoms with van der Waals surface area (Å²) in [4.78, 5) is 11.7. The molecule has 0 saturated heterocycles. The van der Waals surface area contributed by atoms with E-state index in [0.717, 1.165) is 19.4 Å². The fourth-order valence-electron chi connectivity index (χ4n) is 2.78. The van der Waals surface area contributed by atoms with Gasteiger partial charge in [-0.25, -0.2) is 4.98 Å². The predicted octanol–water partition coefficient (Wildman–Crippen LogP) is 2.40. The van der Waals surface area contributed by atoms with Crippen LogP contribution in [0.2, 0.25) is 0 Å². The van der Waals surface area contributed by atoms with Gasteiger partial charge in [-0.05, 0) is 50.3 Å². The van der Waals surface area contributed by atoms with E-state index in [1.165, 1.54) is 36.2 Å². The zero-order valence-electron chi connectivity index (χ0n) is 11.1. The maximum atomic E-state index is 4.55. The average molecular weight is 256 g/mol. The van der Waals surface area contributed by atoms with Crippen LogP contribution in [0.5, 0.6) is 0 Å². The minimum atomic E-state index is 0.437. The highest BCUT2D eigenvalue weighted by Gasteiger charge is 2.20. The lowest BCUT2D eigenvalue weighted by molar-refractivity contribution is 0.445. The molecule has 2 N–H and O–H groups in total. The van der Waals surface area contributed by atoms with Crippen molar-refractivity contribution in [3.63, 3.8) is 0 Å². The van der Waals surface area contributed by atoms with Gasteiger partial charge in [0.25, 0.3) is 0 Å². The van der Waals surface area contributed by atoms with Gasteiger partial charge in [0, 0.05) is 24.1 Å². The number of aryl methyl sites for hydroxylation is 2. The van der Waals surface area contributed by atoms with Crippen molar-refractivity contribution in [1.82, 2.24) is 20.3 Å². The molecule has 4 nitrogen and oxygen atoms in total. The summed E-state index contributed by atoms with van der Waals surface area (Å²) in [7, 11) is 0. The molecule has 1 aliphatic rings. The van der Waals surface area contributed by atoms with Gasteiger partial charge in [0.2, 0.25) is 0 Å². The molecule has 1 aliphatic carbocycles. The summed E-state index contributed by atoms with van der Waals surface area (Å²) in [5.74, 6) is 0. The van der Waals surface area contributed by atoms with E-state index in [9.17, 15) is 0 Å². The van der Waals surface area contributed by atoms with Crippen LogP contribution in [0, 0.1) is 0 Å². The summed E-state index contributed by atoms with van der Waals surface area (Å²) >= 11 is 0. The number of nitrogens with zero attached hydrogens (tertiary/aromatic N) is 2. The summed E-state index contributed by atoms with van der Waals surface area (Å²) in [5, 5.41) is 3.64. The molecule has 0 aliphatic heterocycles. The molecule has 1 unspecified atom stereocenters. The Balaban J connectivity index is 1.51. The number of rotatable bonds is 5. The molecule has 2 aromatic rings. The molecule has 0 amide bonds. The maximum Gasteiger partial charge on any atom is 0.0921 e. The summed E-state index contributed by atoms with van der Waals surface area (Å²) in [6.07, 6.45) is 11.4. The number of hydrogen-bond donors (Lipinski definition) is 2. The highest BCUT2D eigenvalue weighted by atomic mass is 14.9. The van der Waals surface area contributed by atoms with Crippen LogP contribution in [0.25, 0.3) is 0 Å². The third-order valence-electron chi connectivity index (χ3n) is 3.76. The number of nitrogens with one attached hydrogen (secondary N) is 2. The van der Waals surface area contributed by atoms with Gasteiger partial charge in [0.15, 0.2) is 0 Å². The molecule has 2 heterocycles. The molecule has 19 heavy (non-hydrogen) atoms. The first-order valence-corrected chi connectivity index (χ1v) is 7.08. The van der Waals surface area contributed by atoms with Gasteiger partial charge >= 0.3 is 0 Å². The lowest BCUT2D eigenvalue weighted by Crippen LogP contribution is -2.27. The second-order valence-electron chi connectivity index (χ2n) is 5.13. The Bertz CT molecular complexity index is 507. The molecule has 1 atom stereocenters. The predicted molar refractivity (Wildman–Crippen MR) is 74.8 cm³/mol. The lowest BCUT2D eigenvalue weighted by atomic mass is 9.92. The van der Waals surface area contributed by atoms with Crippen molar-refractivity contribution in [3.8, 4) is 0 Å². The number of pyridine rings is 1. The normalized spacial score (nSPS) is 18.2. The number of H-pyrrole nitrogens is 1. The first kappa shape index (κ1) is 12.4. The second kappa shape index (κ2) is 5.97. The Hall–Kier alpha value is -1.68. The van der Waals surface area contributed by atoms with Gasteiger partial charge in [-0.1, -0.05) is 6.07 Å². The van der Waals surface area contributed by atoms with Crippen molar-refractivity contribution in [2.24, 2.45) is 0 Å². The highest BCUT2D eigenvalue weighted by molar-refractivity contribution is 5.25. The third kappa shape index (κ3) is 3.01. The monoisotopic (exact) mass is 256 g/mol. The smallest absolute Gasteiger partial charge is 0.0921 e. The van der Waals surface area contributed by atoms with Crippen LogP contribution in [0.3, 0.4) is 0 Å². The van der Waals surface area contributed by atoms with Gasteiger partial charge in [-0.15, -0.1) is 0 Å². The Kier molecular flexibility index (Phi) is 3.89. The topological polar surface area (TPSA) is 53.6 Å². The standard InChI is InChI=1S/C15H20N4/c1-4-12-5-2-9-18-15(12)14(7-1)17-8-3-6-13-10-16-11-19-13/h2,5,9-11,14,17H,1,3-4,6-8H2,(H,16,19). The molecule has 4 heteroatoms. The van der Waals surface area contributed by atoms with Crippen LogP contribution in [-0.4, -0.2) is 21.5 Å². The van der Waals surface area contributed by atoms with Gasteiger partial charge in [0.1, 0.15) is 0 Å². The van der Waals surface area contributed by atoms with Gasteiger partial charge < -0.3 is 10.3 Å². The third-order valence-corrected chi connectivity index (χ3v) is 3.76. The molecule has 0 spiro atoms. The van der Waals surface area contributed by atoms with E-state index in [-0.39, 0.29) is 0 Å². The van der Waals surface area contributed by atoms with Crippen LogP contribution in [0.4, 0.5) is 0 Å². The molecular weight excluding hydrogens is 236 g/mol. The Labute approximate surface area is 113 Å². The Morgan fingerprint density at radius 2 is 2.42 bits per heavy atom. The number of hydrogen-bond acceptors (Lipinski definition) is 3. The van der Waals surface area contributed by atoms with Crippen molar-refractivity contribution < 1.29 is 0 Å². The lowest BCUT2D eigenvalue weighted by Gasteiger charge is -2.25. The van der Waals surface area contributed by atoms with Crippen molar-refractivity contribution >= 4 is 0 Å². The van der Waals surface area contributed by atoms with Crippen LogP contribution < -0.4 is 5.32 Å². The minimum Gasteiger partial charge on any atom is -0.348 e. The van der Waals surface area contributed by atoms with Crippen molar-refractivity contribution in [2.45, 2.75) is 38.1 Å². The molecule has 100 valence electrons. The van der Waals surface area contributed by atoms with E-state index < -0.39 is 0 Å². The number of aromatic amines is 1. The second-order valence-corrected chi connectivity index (χ2v) is 5.13. The molecule has 2 aromatic heterocycles. The Morgan fingerprint density at radius 1 is 1.42 bits per heavy atom. The average Bonchev–Trinajstić information content (AvgIpc) is 2.97. The summed E-state index contributed by atoms with van der Waals surface area (Å²) < 4.78 is 0. The molecule has 0 fully saturated rings. The first-order chi connectivity index (χ1) is 9.43. The van der Waals surface area contributed by atoms with E-state index in [2.05, 4.69) is 26.3 Å². The molecule has 0 bridgehead atoms. The zero-order valence-corrected chi connectivity index (χ0v) is 11.1. The summed E-state index contributed by atoms with van der Waals surface area (Å²) in [5.41, 5.74) is 3.89. The first-order valence-electron chi connectivity index (χ1n) is 7.08.